The Kier molecular flexibility index (Phi) is 3.78. The van der Waals surface area contributed by atoms with E-state index in [1.54, 1.807) is 22.6 Å². The Morgan fingerprint density at radius 2 is 2.15 bits per heavy atom. The Morgan fingerprint density at radius 1 is 1.54 bits per heavy atom. The fraction of sp³-hybridized carbons (Fsp3) is 0.286. The third-order valence-corrected chi connectivity index (χ3v) is 2.44. The summed E-state index contributed by atoms with van der Waals surface area (Å²) in [5.74, 6) is -0.979. The minimum Gasteiger partial charge on any atom is -0.217 e. The first-order chi connectivity index (χ1) is 6.06. The van der Waals surface area contributed by atoms with Gasteiger partial charge in [0.15, 0.2) is 0 Å². The molecular weight excluding hydrogens is 317 g/mol. The van der Waals surface area contributed by atoms with Crippen molar-refractivity contribution < 1.29 is 13.2 Å². The van der Waals surface area contributed by atoms with E-state index in [9.17, 15) is 13.2 Å². The highest BCUT2D eigenvalue weighted by Crippen LogP contribution is 2.24. The van der Waals surface area contributed by atoms with Crippen molar-refractivity contribution in [3.8, 4) is 0 Å². The summed E-state index contributed by atoms with van der Waals surface area (Å²) >= 11 is 7.07. The Morgan fingerprint density at radius 3 is 2.62 bits per heavy atom. The summed E-state index contributed by atoms with van der Waals surface area (Å²) in [6.45, 7) is 0. The predicted molar refractivity (Wildman–Crippen MR) is 51.4 cm³/mol. The summed E-state index contributed by atoms with van der Waals surface area (Å²) in [5, 5.41) is 0. The van der Waals surface area contributed by atoms with Gasteiger partial charge in [-0.3, -0.25) is 0 Å². The molecule has 1 aromatic rings. The maximum absolute atomic E-state index is 12.8. The quantitative estimate of drug-likeness (QED) is 0.461. The van der Waals surface area contributed by atoms with Crippen molar-refractivity contribution in [1.82, 2.24) is 4.98 Å². The zero-order valence-corrected chi connectivity index (χ0v) is 9.11. The molecule has 1 nitrogen and oxygen atoms in total. The first-order valence-corrected chi connectivity index (χ1v) is 4.86. The molecule has 0 fully saturated rings. The van der Waals surface area contributed by atoms with E-state index in [1.165, 1.54) is 6.07 Å². The van der Waals surface area contributed by atoms with E-state index < -0.39 is 18.1 Å². The standard InChI is InChI=1S/C7H4ClF3IN/c8-2-3-1-4(12)7(11)13-5(3)6(9)10/h1,6H,2H2. The molecule has 0 unspecified atom stereocenters. The molecule has 1 heterocycles. The van der Waals surface area contributed by atoms with E-state index in [0.29, 0.717) is 0 Å². The van der Waals surface area contributed by atoms with Gasteiger partial charge in [0.2, 0.25) is 5.95 Å². The van der Waals surface area contributed by atoms with Gasteiger partial charge in [-0.1, -0.05) is 0 Å². The number of rotatable bonds is 2. The highest BCUT2D eigenvalue weighted by molar-refractivity contribution is 14.1. The van der Waals surface area contributed by atoms with Gasteiger partial charge in [-0.15, -0.1) is 11.6 Å². The van der Waals surface area contributed by atoms with Crippen LogP contribution in [0.3, 0.4) is 0 Å². The minimum atomic E-state index is -2.79. The van der Waals surface area contributed by atoms with Gasteiger partial charge in [-0.2, -0.15) is 4.39 Å². The fourth-order valence-corrected chi connectivity index (χ4v) is 1.52. The van der Waals surface area contributed by atoms with Crippen molar-refractivity contribution in [2.45, 2.75) is 12.3 Å². The van der Waals surface area contributed by atoms with Crippen LogP contribution in [0.25, 0.3) is 0 Å². The number of pyridine rings is 1. The van der Waals surface area contributed by atoms with Crippen LogP contribution in [0, 0.1) is 9.52 Å². The van der Waals surface area contributed by atoms with Gasteiger partial charge in [0.05, 0.1) is 3.57 Å². The lowest BCUT2D eigenvalue weighted by molar-refractivity contribution is 0.143. The highest BCUT2D eigenvalue weighted by Gasteiger charge is 2.17. The molecule has 0 aliphatic carbocycles. The van der Waals surface area contributed by atoms with Gasteiger partial charge < -0.3 is 0 Å². The van der Waals surface area contributed by atoms with Crippen molar-refractivity contribution in [3.63, 3.8) is 0 Å². The molecule has 72 valence electrons. The van der Waals surface area contributed by atoms with Crippen molar-refractivity contribution in [2.24, 2.45) is 0 Å². The number of aromatic nitrogens is 1. The summed E-state index contributed by atoms with van der Waals surface area (Å²) < 4.78 is 37.4. The molecule has 0 radical (unpaired) electrons. The largest absolute Gasteiger partial charge is 0.280 e. The molecule has 0 amide bonds. The first kappa shape index (κ1) is 11.0. The van der Waals surface area contributed by atoms with Crippen LogP contribution in [0.4, 0.5) is 13.2 Å². The molecule has 0 aromatic carbocycles. The zero-order chi connectivity index (χ0) is 10.0. The molecule has 0 atom stereocenters. The van der Waals surface area contributed by atoms with Crippen molar-refractivity contribution >= 4 is 34.2 Å². The van der Waals surface area contributed by atoms with Gasteiger partial charge in [0.1, 0.15) is 5.69 Å². The average molecular weight is 321 g/mol. The number of hydrogen-bond donors (Lipinski definition) is 0. The number of halogens is 5. The first-order valence-electron chi connectivity index (χ1n) is 3.25. The predicted octanol–water partition coefficient (Wildman–Crippen LogP) is 3.50. The third kappa shape index (κ3) is 2.46. The van der Waals surface area contributed by atoms with Crippen LogP contribution in [0.5, 0.6) is 0 Å². The van der Waals surface area contributed by atoms with Crippen LogP contribution in [0.2, 0.25) is 0 Å². The molecule has 1 rings (SSSR count). The van der Waals surface area contributed by atoms with Crippen molar-refractivity contribution in [2.75, 3.05) is 0 Å². The Balaban J connectivity index is 3.25. The van der Waals surface area contributed by atoms with E-state index >= 15 is 0 Å². The van der Waals surface area contributed by atoms with Crippen LogP contribution >= 0.6 is 34.2 Å². The van der Waals surface area contributed by atoms with E-state index in [2.05, 4.69) is 4.98 Å². The molecule has 0 saturated carbocycles. The topological polar surface area (TPSA) is 12.9 Å². The van der Waals surface area contributed by atoms with Crippen molar-refractivity contribution in [3.05, 3.63) is 26.8 Å². The van der Waals surface area contributed by atoms with E-state index in [1.807, 2.05) is 0 Å². The maximum Gasteiger partial charge on any atom is 0.280 e. The molecule has 0 aliphatic rings. The molecular formula is C7H4ClF3IN. The smallest absolute Gasteiger partial charge is 0.217 e. The second-order valence-corrected chi connectivity index (χ2v) is 3.67. The number of hydrogen-bond acceptors (Lipinski definition) is 1. The normalized spacial score (nSPS) is 10.9. The molecule has 0 saturated heterocycles. The molecule has 6 heteroatoms. The van der Waals surface area contributed by atoms with Crippen LogP contribution in [0.15, 0.2) is 6.07 Å². The lowest BCUT2D eigenvalue weighted by Gasteiger charge is -2.05. The summed E-state index contributed by atoms with van der Waals surface area (Å²) in [6, 6.07) is 1.28. The van der Waals surface area contributed by atoms with Gasteiger partial charge in [0.25, 0.3) is 6.43 Å². The summed E-state index contributed by atoms with van der Waals surface area (Å²) in [5.41, 5.74) is -0.407. The summed E-state index contributed by atoms with van der Waals surface area (Å²) in [6.07, 6.45) is -2.79. The second-order valence-electron chi connectivity index (χ2n) is 2.24. The van der Waals surface area contributed by atoms with Gasteiger partial charge in [-0.25, -0.2) is 13.8 Å². The SMILES string of the molecule is Fc1nc(C(F)F)c(CCl)cc1I. The second kappa shape index (κ2) is 4.45. The Hall–Kier alpha value is -0.0400. The average Bonchev–Trinajstić information content (AvgIpc) is 2.08. The maximum atomic E-state index is 12.8. The monoisotopic (exact) mass is 321 g/mol. The minimum absolute atomic E-state index is 0.0943. The molecule has 0 aliphatic heterocycles. The lowest BCUT2D eigenvalue weighted by Crippen LogP contribution is -2.01. The Labute approximate surface area is 91.4 Å². The van der Waals surface area contributed by atoms with Gasteiger partial charge >= 0.3 is 0 Å². The van der Waals surface area contributed by atoms with Crippen molar-refractivity contribution in [1.29, 1.82) is 0 Å². The van der Waals surface area contributed by atoms with E-state index in [4.69, 9.17) is 11.6 Å². The van der Waals surface area contributed by atoms with Crippen LogP contribution in [-0.2, 0) is 5.88 Å². The van der Waals surface area contributed by atoms with E-state index in [0.717, 1.165) is 0 Å². The molecule has 0 N–H and O–H groups in total. The highest BCUT2D eigenvalue weighted by atomic mass is 127. The van der Waals surface area contributed by atoms with E-state index in [-0.39, 0.29) is 15.0 Å². The summed E-state index contributed by atoms with van der Waals surface area (Å²) in [4.78, 5) is 3.13. The molecule has 1 aromatic heterocycles. The Bertz CT molecular complexity index is 319. The fourth-order valence-electron chi connectivity index (χ4n) is 0.813. The molecule has 0 spiro atoms. The third-order valence-electron chi connectivity index (χ3n) is 1.40. The van der Waals surface area contributed by atoms with Crippen LogP contribution < -0.4 is 0 Å². The van der Waals surface area contributed by atoms with Gasteiger partial charge in [0, 0.05) is 5.88 Å². The summed E-state index contributed by atoms with van der Waals surface area (Å²) in [7, 11) is 0. The molecule has 13 heavy (non-hydrogen) atoms. The van der Waals surface area contributed by atoms with Crippen LogP contribution in [-0.4, -0.2) is 4.98 Å². The number of alkyl halides is 3. The van der Waals surface area contributed by atoms with Gasteiger partial charge in [-0.05, 0) is 34.2 Å². The molecule has 0 bridgehead atoms. The number of nitrogens with zero attached hydrogens (tertiary/aromatic N) is 1. The van der Waals surface area contributed by atoms with Crippen LogP contribution in [0.1, 0.15) is 17.7 Å². The lowest BCUT2D eigenvalue weighted by atomic mass is 10.2. The zero-order valence-electron chi connectivity index (χ0n) is 6.20.